The zero-order valence-corrected chi connectivity index (χ0v) is 24.9. The Bertz CT molecular complexity index is 1210. The van der Waals surface area contributed by atoms with Gasteiger partial charge in [0.2, 0.25) is 11.8 Å². The smallest absolute Gasteiger partial charge is 0.329 e. The van der Waals surface area contributed by atoms with Gasteiger partial charge in [-0.25, -0.2) is 4.79 Å². The van der Waals surface area contributed by atoms with Gasteiger partial charge in [-0.05, 0) is 52.4 Å². The fraction of sp³-hybridized carbons (Fsp3) is 0.464. The van der Waals surface area contributed by atoms with E-state index >= 15 is 0 Å². The molecule has 228 valence electrons. The quantitative estimate of drug-likeness (QED) is 0.260. The van der Waals surface area contributed by atoms with E-state index in [9.17, 15) is 29.7 Å². The number of nitrogens with zero attached hydrogens (tertiary/aromatic N) is 1. The molecule has 0 aromatic heterocycles. The second kappa shape index (κ2) is 15.8. The second-order valence-electron chi connectivity index (χ2n) is 10.4. The number of carbonyl (C=O) groups is 3. The maximum Gasteiger partial charge on any atom is 0.329 e. The van der Waals surface area contributed by atoms with Gasteiger partial charge in [-0.1, -0.05) is 26.0 Å². The summed E-state index contributed by atoms with van der Waals surface area (Å²) in [4.78, 5) is 41.1. The summed E-state index contributed by atoms with van der Waals surface area (Å²) in [5.41, 5.74) is 13.9. The summed E-state index contributed by atoms with van der Waals surface area (Å²) < 4.78 is 5.47. The van der Waals surface area contributed by atoms with E-state index in [2.05, 4.69) is 5.32 Å². The topological polar surface area (TPSA) is 188 Å². The number of nitrogens with one attached hydrogen (secondary N) is 1. The minimum absolute atomic E-state index is 0. The molecular weight excluding hydrogens is 575 g/mol. The molecule has 2 aromatic rings. The van der Waals surface area contributed by atoms with Gasteiger partial charge < -0.3 is 41.7 Å². The Labute approximate surface area is 252 Å². The highest BCUT2D eigenvalue weighted by Crippen LogP contribution is 2.31. The molecule has 1 aliphatic rings. The number of aliphatic hydroxyl groups is 1. The molecule has 4 bridgehead atoms. The Morgan fingerprint density at radius 3 is 2.10 bits per heavy atom. The van der Waals surface area contributed by atoms with Crippen LogP contribution in [-0.2, 0) is 32.0 Å². The summed E-state index contributed by atoms with van der Waals surface area (Å²) in [7, 11) is 1.40. The normalized spacial score (nSPS) is 20.1. The largest absolute Gasteiger partial charge is 0.508 e. The maximum absolute atomic E-state index is 13.7. The number of hydrogen-bond donors (Lipinski definition) is 6. The average molecular weight is 616 g/mol. The number of fused-ring (bicyclic) bond motifs is 5. The van der Waals surface area contributed by atoms with Crippen molar-refractivity contribution >= 4 is 42.6 Å². The van der Waals surface area contributed by atoms with Gasteiger partial charge in [0.05, 0.1) is 18.8 Å². The first-order valence-electron chi connectivity index (χ1n) is 12.9. The molecule has 0 spiro atoms. The fourth-order valence-electron chi connectivity index (χ4n) is 4.39. The number of phenolic OH excluding ortho intramolecular Hbond substituents is 2. The Morgan fingerprint density at radius 2 is 1.59 bits per heavy atom. The second-order valence-corrected chi connectivity index (χ2v) is 10.4. The van der Waals surface area contributed by atoms with Crippen LogP contribution in [-0.4, -0.2) is 82.4 Å². The van der Waals surface area contributed by atoms with E-state index in [0.29, 0.717) is 22.3 Å². The molecule has 41 heavy (non-hydrogen) atoms. The zero-order valence-electron chi connectivity index (χ0n) is 23.3. The van der Waals surface area contributed by atoms with Gasteiger partial charge in [0.15, 0.2) is 0 Å². The number of benzene rings is 2. The number of aliphatic hydroxyl groups excluding tert-OH is 1. The monoisotopic (exact) mass is 614 g/mol. The molecule has 0 unspecified atom stereocenters. The SMILES string of the molecule is CC(C)COC(=O)[C@@H]1Cc2cc(ccc2O)-c2ccc(O)c(c2)C[C@H](N)C(=O)N[C@@H](C[C@@H](O)CN)C(=O)N1C.Cl.Cl. The number of nitrogens with two attached hydrogens (primary N) is 2. The molecule has 11 nitrogen and oxygen atoms in total. The molecule has 0 radical (unpaired) electrons. The Balaban J connectivity index is 0.00000420. The number of esters is 1. The van der Waals surface area contributed by atoms with E-state index in [4.69, 9.17) is 16.2 Å². The van der Waals surface area contributed by atoms with Gasteiger partial charge in [0.25, 0.3) is 0 Å². The number of phenols is 2. The van der Waals surface area contributed by atoms with E-state index in [1.807, 2.05) is 13.8 Å². The highest BCUT2D eigenvalue weighted by Gasteiger charge is 2.35. The fourth-order valence-corrected chi connectivity index (χ4v) is 4.39. The Morgan fingerprint density at radius 1 is 1.05 bits per heavy atom. The van der Waals surface area contributed by atoms with E-state index in [-0.39, 0.29) is 74.6 Å². The molecule has 0 saturated heterocycles. The van der Waals surface area contributed by atoms with E-state index in [1.165, 1.54) is 19.2 Å². The van der Waals surface area contributed by atoms with Crippen LogP contribution in [0.2, 0.25) is 0 Å². The van der Waals surface area contributed by atoms with Crippen molar-refractivity contribution in [1.29, 1.82) is 0 Å². The zero-order chi connectivity index (χ0) is 28.9. The highest BCUT2D eigenvalue weighted by atomic mass is 35.5. The van der Waals surface area contributed by atoms with Crippen LogP contribution in [0.1, 0.15) is 31.4 Å². The lowest BCUT2D eigenvalue weighted by Crippen LogP contribution is -2.56. The van der Waals surface area contributed by atoms with Crippen molar-refractivity contribution in [2.75, 3.05) is 20.2 Å². The van der Waals surface area contributed by atoms with Crippen molar-refractivity contribution in [1.82, 2.24) is 10.2 Å². The Hall–Kier alpha value is -3.09. The van der Waals surface area contributed by atoms with Gasteiger partial charge in [-0.2, -0.15) is 0 Å². The van der Waals surface area contributed by atoms with E-state index in [0.717, 1.165) is 4.90 Å². The van der Waals surface area contributed by atoms with Crippen molar-refractivity contribution in [3.8, 4) is 22.6 Å². The van der Waals surface area contributed by atoms with Crippen molar-refractivity contribution in [3.05, 3.63) is 47.5 Å². The third kappa shape index (κ3) is 9.20. The minimum atomic E-state index is -1.25. The summed E-state index contributed by atoms with van der Waals surface area (Å²) in [6, 6.07) is 6.21. The van der Waals surface area contributed by atoms with Gasteiger partial charge in [0, 0.05) is 32.9 Å². The number of ether oxygens (including phenoxy) is 1. The molecule has 0 fully saturated rings. The lowest BCUT2D eigenvalue weighted by molar-refractivity contribution is -0.156. The lowest BCUT2D eigenvalue weighted by atomic mass is 9.95. The highest BCUT2D eigenvalue weighted by molar-refractivity contribution is 5.92. The summed E-state index contributed by atoms with van der Waals surface area (Å²) in [6.07, 6.45) is -1.44. The number of likely N-dealkylation sites (N-methyl/N-ethyl adjacent to an activating group) is 1. The molecule has 8 N–H and O–H groups in total. The van der Waals surface area contributed by atoms with Gasteiger partial charge >= 0.3 is 5.97 Å². The van der Waals surface area contributed by atoms with Crippen LogP contribution in [0.25, 0.3) is 11.1 Å². The number of aromatic hydroxyl groups is 2. The molecule has 0 aliphatic carbocycles. The van der Waals surface area contributed by atoms with Crippen molar-refractivity contribution in [2.45, 2.75) is 57.3 Å². The van der Waals surface area contributed by atoms with Crippen molar-refractivity contribution in [3.63, 3.8) is 0 Å². The van der Waals surface area contributed by atoms with Crippen LogP contribution in [0, 0.1) is 5.92 Å². The summed E-state index contributed by atoms with van der Waals surface area (Å²) in [6.45, 7) is 3.73. The molecule has 1 heterocycles. The summed E-state index contributed by atoms with van der Waals surface area (Å²) in [5, 5.41) is 33.9. The predicted octanol–water partition coefficient (Wildman–Crippen LogP) is 1.25. The first kappa shape index (κ1) is 35.9. The molecule has 2 aromatic carbocycles. The first-order chi connectivity index (χ1) is 18.4. The van der Waals surface area contributed by atoms with Crippen LogP contribution in [0.5, 0.6) is 11.5 Å². The van der Waals surface area contributed by atoms with E-state index in [1.54, 1.807) is 24.3 Å². The number of carbonyl (C=O) groups excluding carboxylic acids is 3. The van der Waals surface area contributed by atoms with Crippen molar-refractivity contribution < 1.29 is 34.4 Å². The van der Waals surface area contributed by atoms with Crippen molar-refractivity contribution in [2.24, 2.45) is 17.4 Å². The average Bonchev–Trinajstić information content (AvgIpc) is 2.90. The van der Waals surface area contributed by atoms with E-state index < -0.39 is 42.0 Å². The third-order valence-electron chi connectivity index (χ3n) is 6.72. The van der Waals surface area contributed by atoms with Crippen LogP contribution in [0.3, 0.4) is 0 Å². The van der Waals surface area contributed by atoms with Crippen LogP contribution in [0.4, 0.5) is 0 Å². The molecule has 2 amide bonds. The predicted molar refractivity (Wildman–Crippen MR) is 159 cm³/mol. The summed E-state index contributed by atoms with van der Waals surface area (Å²) in [5.74, 6) is -2.10. The van der Waals surface area contributed by atoms with Gasteiger partial charge in [0.1, 0.15) is 23.6 Å². The van der Waals surface area contributed by atoms with Crippen LogP contribution >= 0.6 is 24.8 Å². The number of hydrogen-bond acceptors (Lipinski definition) is 9. The van der Waals surface area contributed by atoms with Crippen LogP contribution in [0.15, 0.2) is 36.4 Å². The third-order valence-corrected chi connectivity index (χ3v) is 6.72. The van der Waals surface area contributed by atoms with Crippen LogP contribution < -0.4 is 16.8 Å². The molecule has 4 atom stereocenters. The standard InChI is InChI=1S/C28H38N4O7.2ClH/c1-15(2)14-39-28(38)23-11-19-9-17(5-7-25(19)35)16-4-6-24(34)18(8-16)10-21(30)26(36)31-22(12-20(33)13-29)27(37)32(23)3;;/h4-9,15,20-23,33-35H,10-14,29-30H2,1-3H3,(H,31,36);2*1H/t20-,21+,22+,23+;;/m1../s1. The van der Waals surface area contributed by atoms with Gasteiger partial charge in [-0.15, -0.1) is 24.8 Å². The molecule has 1 aliphatic heterocycles. The molecule has 13 heteroatoms. The number of amides is 2. The molecule has 3 rings (SSSR count). The molecular formula is C28H40Cl2N4O7. The number of rotatable bonds is 6. The minimum Gasteiger partial charge on any atom is -0.508 e. The lowest BCUT2D eigenvalue weighted by Gasteiger charge is -2.32. The maximum atomic E-state index is 13.7. The Kier molecular flexibility index (Phi) is 13.8. The van der Waals surface area contributed by atoms with Gasteiger partial charge in [-0.3, -0.25) is 9.59 Å². The first-order valence-corrected chi connectivity index (χ1v) is 12.9. The summed E-state index contributed by atoms with van der Waals surface area (Å²) >= 11 is 0. The number of halogens is 2. The molecule has 0 saturated carbocycles.